The van der Waals surface area contributed by atoms with Crippen LogP contribution in [0.2, 0.25) is 5.02 Å². The Balaban J connectivity index is 1.59. The molecule has 1 aromatic carbocycles. The number of thioether (sulfide) groups is 1. The molecule has 2 aromatic heterocycles. The number of hydrogen-bond donors (Lipinski definition) is 1. The van der Waals surface area contributed by atoms with Crippen LogP contribution in [0.5, 0.6) is 0 Å². The second kappa shape index (κ2) is 7.72. The second-order valence-corrected chi connectivity index (χ2v) is 7.04. The molecule has 0 aliphatic rings. The number of hydrogen-bond acceptors (Lipinski definition) is 6. The van der Waals surface area contributed by atoms with Crippen LogP contribution in [-0.4, -0.2) is 31.2 Å². The van der Waals surface area contributed by atoms with E-state index in [1.165, 1.54) is 11.8 Å². The average Bonchev–Trinajstić information content (AvgIpc) is 2.98. The van der Waals surface area contributed by atoms with Crippen molar-refractivity contribution >= 4 is 40.6 Å². The molecule has 0 saturated heterocycles. The Hall–Kier alpha value is -2.63. The van der Waals surface area contributed by atoms with E-state index in [2.05, 4.69) is 20.5 Å². The van der Waals surface area contributed by atoms with E-state index < -0.39 is 0 Å². The van der Waals surface area contributed by atoms with Gasteiger partial charge in [-0.2, -0.15) is 5.26 Å². The van der Waals surface area contributed by atoms with E-state index in [9.17, 15) is 4.79 Å². The van der Waals surface area contributed by atoms with Gasteiger partial charge in [0, 0.05) is 29.6 Å². The summed E-state index contributed by atoms with van der Waals surface area (Å²) in [6, 6.07) is 8.64. The Kier molecular flexibility index (Phi) is 5.40. The van der Waals surface area contributed by atoms with Crippen molar-refractivity contribution in [1.82, 2.24) is 19.6 Å². The third kappa shape index (κ3) is 3.95. The molecule has 26 heavy (non-hydrogen) atoms. The molecule has 9 heteroatoms. The molecular formula is C17H15ClN6OS. The number of benzene rings is 1. The number of carbonyl (C=O) groups is 1. The third-order valence-electron chi connectivity index (χ3n) is 3.59. The fourth-order valence-corrected chi connectivity index (χ4v) is 3.58. The normalized spacial score (nSPS) is 10.7. The van der Waals surface area contributed by atoms with Crippen LogP contribution in [0.3, 0.4) is 0 Å². The summed E-state index contributed by atoms with van der Waals surface area (Å²) in [6.45, 7) is 3.81. The van der Waals surface area contributed by atoms with Crippen LogP contribution in [0.1, 0.15) is 23.5 Å². The van der Waals surface area contributed by atoms with Gasteiger partial charge in [-0.25, -0.2) is 4.98 Å². The molecule has 3 aromatic rings. The quantitative estimate of drug-likeness (QED) is 0.675. The molecule has 0 spiro atoms. The van der Waals surface area contributed by atoms with E-state index in [0.717, 1.165) is 17.2 Å². The SMILES string of the molecule is Cc1cc2nnc(SCCC(=O)Nc3ccc(C#N)c(Cl)c3)n2c(C)n1. The zero-order chi connectivity index (χ0) is 18.7. The van der Waals surface area contributed by atoms with E-state index in [4.69, 9.17) is 16.9 Å². The van der Waals surface area contributed by atoms with Crippen molar-refractivity contribution in [2.45, 2.75) is 25.4 Å². The van der Waals surface area contributed by atoms with Gasteiger partial charge in [-0.15, -0.1) is 10.2 Å². The van der Waals surface area contributed by atoms with Crippen molar-refractivity contribution in [2.75, 3.05) is 11.1 Å². The third-order valence-corrected chi connectivity index (χ3v) is 4.84. The van der Waals surface area contributed by atoms with Gasteiger partial charge in [0.15, 0.2) is 10.8 Å². The Morgan fingerprint density at radius 3 is 2.88 bits per heavy atom. The molecule has 0 unspecified atom stereocenters. The Morgan fingerprint density at radius 2 is 2.15 bits per heavy atom. The molecule has 0 bridgehead atoms. The zero-order valence-electron chi connectivity index (χ0n) is 14.2. The van der Waals surface area contributed by atoms with Gasteiger partial charge < -0.3 is 5.32 Å². The van der Waals surface area contributed by atoms with Gasteiger partial charge in [-0.3, -0.25) is 9.20 Å². The molecule has 1 amide bonds. The molecule has 0 fully saturated rings. The van der Waals surface area contributed by atoms with Crippen molar-refractivity contribution in [3.8, 4) is 6.07 Å². The molecule has 1 N–H and O–H groups in total. The predicted molar refractivity (Wildman–Crippen MR) is 100 cm³/mol. The van der Waals surface area contributed by atoms with E-state index in [1.807, 2.05) is 30.4 Å². The van der Waals surface area contributed by atoms with E-state index in [-0.39, 0.29) is 5.91 Å². The van der Waals surface area contributed by atoms with Gasteiger partial charge in [-0.1, -0.05) is 23.4 Å². The standard InChI is InChI=1S/C17H15ClN6OS/c1-10-7-15-22-23-17(24(15)11(2)20-10)26-6-5-16(25)21-13-4-3-12(9-19)14(18)8-13/h3-4,7-8H,5-6H2,1-2H3,(H,21,25). The van der Waals surface area contributed by atoms with Gasteiger partial charge in [0.25, 0.3) is 0 Å². The van der Waals surface area contributed by atoms with Crippen molar-refractivity contribution in [3.05, 3.63) is 46.4 Å². The van der Waals surface area contributed by atoms with Crippen LogP contribution in [0.15, 0.2) is 29.4 Å². The minimum absolute atomic E-state index is 0.141. The summed E-state index contributed by atoms with van der Waals surface area (Å²) in [6.07, 6.45) is 0.301. The number of fused-ring (bicyclic) bond motifs is 1. The second-order valence-electron chi connectivity index (χ2n) is 5.57. The minimum Gasteiger partial charge on any atom is -0.326 e. The fraction of sp³-hybridized carbons (Fsp3) is 0.235. The molecule has 7 nitrogen and oxygen atoms in total. The Labute approximate surface area is 159 Å². The number of rotatable bonds is 5. The summed E-state index contributed by atoms with van der Waals surface area (Å²) in [4.78, 5) is 16.5. The number of nitriles is 1. The first kappa shape index (κ1) is 18.2. The first-order valence-electron chi connectivity index (χ1n) is 7.79. The van der Waals surface area contributed by atoms with Gasteiger partial charge in [0.05, 0.1) is 10.6 Å². The molecule has 3 rings (SSSR count). The Bertz CT molecular complexity index is 1030. The fourth-order valence-electron chi connectivity index (χ4n) is 2.44. The van der Waals surface area contributed by atoms with Crippen LogP contribution >= 0.6 is 23.4 Å². The largest absolute Gasteiger partial charge is 0.326 e. The van der Waals surface area contributed by atoms with Crippen molar-refractivity contribution in [1.29, 1.82) is 5.26 Å². The van der Waals surface area contributed by atoms with E-state index in [0.29, 0.717) is 33.6 Å². The lowest BCUT2D eigenvalue weighted by atomic mass is 10.2. The molecule has 0 aliphatic carbocycles. The number of nitrogens with one attached hydrogen (secondary N) is 1. The van der Waals surface area contributed by atoms with Crippen LogP contribution in [0.25, 0.3) is 5.65 Å². The number of aryl methyl sites for hydroxylation is 2. The highest BCUT2D eigenvalue weighted by molar-refractivity contribution is 7.99. The predicted octanol–water partition coefficient (Wildman–Crippen LogP) is 3.39. The first-order chi connectivity index (χ1) is 12.5. The summed E-state index contributed by atoms with van der Waals surface area (Å²) >= 11 is 7.41. The van der Waals surface area contributed by atoms with Crippen LogP contribution in [0.4, 0.5) is 5.69 Å². The number of halogens is 1. The summed E-state index contributed by atoms with van der Waals surface area (Å²) in [5.41, 5.74) is 2.57. The van der Waals surface area contributed by atoms with Crippen LogP contribution in [0, 0.1) is 25.2 Å². The maximum atomic E-state index is 12.1. The maximum Gasteiger partial charge on any atom is 0.225 e. The maximum absolute atomic E-state index is 12.1. The summed E-state index contributed by atoms with van der Waals surface area (Å²) in [7, 11) is 0. The lowest BCUT2D eigenvalue weighted by Gasteiger charge is -2.06. The number of amides is 1. The van der Waals surface area contributed by atoms with E-state index in [1.54, 1.807) is 18.2 Å². The van der Waals surface area contributed by atoms with Crippen molar-refractivity contribution in [2.24, 2.45) is 0 Å². The molecular weight excluding hydrogens is 372 g/mol. The van der Waals surface area contributed by atoms with Gasteiger partial charge in [-0.05, 0) is 32.0 Å². The van der Waals surface area contributed by atoms with Gasteiger partial charge in [0.2, 0.25) is 5.91 Å². The summed E-state index contributed by atoms with van der Waals surface area (Å²) < 4.78 is 1.87. The molecule has 2 heterocycles. The average molecular weight is 387 g/mol. The molecule has 132 valence electrons. The lowest BCUT2D eigenvalue weighted by molar-refractivity contribution is -0.115. The van der Waals surface area contributed by atoms with Crippen LogP contribution in [-0.2, 0) is 4.79 Å². The highest BCUT2D eigenvalue weighted by Crippen LogP contribution is 2.22. The molecule has 0 radical (unpaired) electrons. The number of aromatic nitrogens is 4. The lowest BCUT2D eigenvalue weighted by Crippen LogP contribution is -2.12. The highest BCUT2D eigenvalue weighted by Gasteiger charge is 2.11. The van der Waals surface area contributed by atoms with Crippen molar-refractivity contribution < 1.29 is 4.79 Å². The first-order valence-corrected chi connectivity index (χ1v) is 9.16. The highest BCUT2D eigenvalue weighted by atomic mass is 35.5. The Morgan fingerprint density at radius 1 is 1.35 bits per heavy atom. The van der Waals surface area contributed by atoms with Crippen molar-refractivity contribution in [3.63, 3.8) is 0 Å². The zero-order valence-corrected chi connectivity index (χ0v) is 15.7. The summed E-state index contributed by atoms with van der Waals surface area (Å²) in [5, 5.41) is 21.0. The number of anilines is 1. The summed E-state index contributed by atoms with van der Waals surface area (Å²) in [5.74, 6) is 1.21. The topological polar surface area (TPSA) is 96.0 Å². The number of nitrogens with zero attached hydrogens (tertiary/aromatic N) is 5. The van der Waals surface area contributed by atoms with E-state index >= 15 is 0 Å². The molecule has 0 aliphatic heterocycles. The smallest absolute Gasteiger partial charge is 0.225 e. The van der Waals surface area contributed by atoms with Gasteiger partial charge in [0.1, 0.15) is 11.9 Å². The van der Waals surface area contributed by atoms with Crippen LogP contribution < -0.4 is 5.32 Å². The molecule has 0 atom stereocenters. The monoisotopic (exact) mass is 386 g/mol. The van der Waals surface area contributed by atoms with Gasteiger partial charge >= 0.3 is 0 Å². The molecule has 0 saturated carbocycles. The minimum atomic E-state index is -0.141. The number of carbonyl (C=O) groups excluding carboxylic acids is 1.